The number of hydrogen-bond acceptors (Lipinski definition) is 6. The monoisotopic (exact) mass is 569 g/mol. The van der Waals surface area contributed by atoms with Crippen molar-refractivity contribution < 1.29 is 27.9 Å². The number of hydrogen-bond donors (Lipinski definition) is 2. The van der Waals surface area contributed by atoms with Crippen molar-refractivity contribution in [2.45, 2.75) is 56.7 Å². The minimum atomic E-state index is -4.69. The molecular weight excluding hydrogens is 535 g/mol. The van der Waals surface area contributed by atoms with Crippen LogP contribution in [-0.4, -0.2) is 64.4 Å². The predicted octanol–water partition coefficient (Wildman–Crippen LogP) is 5.07. The number of amides is 2. The molecule has 3 aliphatic rings. The fraction of sp³-hybridized carbons (Fsp3) is 0.433. The van der Waals surface area contributed by atoms with Crippen LogP contribution in [0.4, 0.5) is 24.5 Å². The Morgan fingerprint density at radius 1 is 1.17 bits per heavy atom. The van der Waals surface area contributed by atoms with Crippen molar-refractivity contribution in [3.05, 3.63) is 71.2 Å². The number of nitrogen functional groups attached to an aromatic ring is 1. The molecule has 11 heteroatoms. The summed E-state index contributed by atoms with van der Waals surface area (Å²) >= 11 is 0. The van der Waals surface area contributed by atoms with Crippen molar-refractivity contribution in [1.29, 1.82) is 0 Å². The van der Waals surface area contributed by atoms with Crippen LogP contribution in [-0.2, 0) is 11.0 Å². The van der Waals surface area contributed by atoms with Gasteiger partial charge in [0, 0.05) is 50.7 Å². The molecule has 3 N–H and O–H groups in total. The zero-order chi connectivity index (χ0) is 29.5. The molecule has 1 saturated heterocycles. The molecule has 2 aromatic rings. The molecule has 2 fully saturated rings. The van der Waals surface area contributed by atoms with E-state index in [2.05, 4.69) is 17.6 Å². The lowest BCUT2D eigenvalue weighted by Crippen LogP contribution is -2.51. The van der Waals surface area contributed by atoms with Gasteiger partial charge in [-0.3, -0.25) is 14.6 Å². The number of halogens is 3. The van der Waals surface area contributed by atoms with Crippen LogP contribution in [0, 0.1) is 0 Å². The Hall–Kier alpha value is -4.02. The number of alkyl halides is 3. The maximum atomic E-state index is 13.8. The molecule has 218 valence electrons. The topological polar surface area (TPSA) is 103 Å². The van der Waals surface area contributed by atoms with E-state index in [9.17, 15) is 27.9 Å². The number of benzene rings is 1. The average Bonchev–Trinajstić information content (AvgIpc) is 3.13. The zero-order valence-electron chi connectivity index (χ0n) is 23.0. The summed E-state index contributed by atoms with van der Waals surface area (Å²) in [4.78, 5) is 35.0. The van der Waals surface area contributed by atoms with Crippen LogP contribution in [0.5, 0.6) is 5.75 Å². The summed E-state index contributed by atoms with van der Waals surface area (Å²) < 4.78 is 39.5. The Kier molecular flexibility index (Phi) is 7.72. The van der Waals surface area contributed by atoms with Gasteiger partial charge in [-0.1, -0.05) is 19.1 Å². The molecule has 41 heavy (non-hydrogen) atoms. The first-order valence-corrected chi connectivity index (χ1v) is 13.8. The fourth-order valence-corrected chi connectivity index (χ4v) is 6.08. The number of nitrogens with zero attached hydrogens (tertiary/aromatic N) is 4. The number of carbonyl (C=O) groups is 2. The molecule has 1 aromatic heterocycles. The number of carbonyl (C=O) groups excluding carboxylic acids is 2. The summed E-state index contributed by atoms with van der Waals surface area (Å²) in [6.07, 6.45) is 2.54. The van der Waals surface area contributed by atoms with Gasteiger partial charge in [-0.25, -0.2) is 0 Å². The molecule has 1 saturated carbocycles. The molecule has 2 amide bonds. The third kappa shape index (κ3) is 5.49. The Labute approximate surface area is 236 Å². The molecule has 1 unspecified atom stereocenters. The van der Waals surface area contributed by atoms with Crippen LogP contribution in [0.1, 0.15) is 66.1 Å². The van der Waals surface area contributed by atoms with E-state index in [1.54, 1.807) is 9.80 Å². The van der Waals surface area contributed by atoms with Crippen LogP contribution >= 0.6 is 0 Å². The van der Waals surface area contributed by atoms with E-state index in [-0.39, 0.29) is 36.0 Å². The quantitative estimate of drug-likeness (QED) is 0.488. The Balaban J connectivity index is 1.51. The predicted molar refractivity (Wildman–Crippen MR) is 149 cm³/mol. The third-order valence-electron chi connectivity index (χ3n) is 8.55. The number of aromatic nitrogens is 1. The van der Waals surface area contributed by atoms with Gasteiger partial charge in [-0.05, 0) is 67.0 Å². The fourth-order valence-electron chi connectivity index (χ4n) is 6.08. The summed E-state index contributed by atoms with van der Waals surface area (Å²) in [7, 11) is 1.88. The second kappa shape index (κ2) is 11.1. The lowest BCUT2D eigenvalue weighted by atomic mass is 9.80. The van der Waals surface area contributed by atoms with Gasteiger partial charge in [-0.15, -0.1) is 0 Å². The Morgan fingerprint density at radius 3 is 2.54 bits per heavy atom. The number of anilines is 2. The molecule has 0 spiro atoms. The summed E-state index contributed by atoms with van der Waals surface area (Å²) in [6, 6.07) is 5.92. The molecule has 2 aliphatic heterocycles. The highest BCUT2D eigenvalue weighted by Gasteiger charge is 2.39. The number of rotatable bonds is 5. The number of likely N-dealkylation sites (tertiary alicyclic amines) is 1. The van der Waals surface area contributed by atoms with Gasteiger partial charge in [0.25, 0.3) is 5.91 Å². The van der Waals surface area contributed by atoms with Crippen molar-refractivity contribution in [2.24, 2.45) is 0 Å². The number of pyridine rings is 1. The molecule has 0 bridgehead atoms. The van der Waals surface area contributed by atoms with E-state index in [1.165, 1.54) is 12.5 Å². The lowest BCUT2D eigenvalue weighted by molar-refractivity contribution is -0.141. The lowest BCUT2D eigenvalue weighted by Gasteiger charge is -2.42. The van der Waals surface area contributed by atoms with Crippen molar-refractivity contribution in [3.8, 4) is 5.75 Å². The van der Waals surface area contributed by atoms with Gasteiger partial charge in [-0.2, -0.15) is 13.2 Å². The number of fused-ring (bicyclic) bond motifs is 1. The molecule has 1 atom stereocenters. The molecule has 5 rings (SSSR count). The zero-order valence-corrected chi connectivity index (χ0v) is 23.0. The van der Waals surface area contributed by atoms with E-state index in [0.29, 0.717) is 43.5 Å². The van der Waals surface area contributed by atoms with Gasteiger partial charge < -0.3 is 25.5 Å². The van der Waals surface area contributed by atoms with E-state index in [4.69, 9.17) is 5.73 Å². The number of phenols is 1. The van der Waals surface area contributed by atoms with Gasteiger partial charge in [0.05, 0.1) is 17.3 Å². The summed E-state index contributed by atoms with van der Waals surface area (Å²) in [5.74, 6) is -0.156. The Morgan fingerprint density at radius 2 is 1.93 bits per heavy atom. The Bertz CT molecular complexity index is 1400. The minimum Gasteiger partial charge on any atom is -0.506 e. The standard InChI is InChI=1S/C30H34F3N5O3/c1-3-28(40)37-12-5-8-20-23(36(2)24-10-9-19(14-26(24)39)18-6-4-7-18)11-13-38(25(20)17-37)29(41)21-16-35-27(15-22(21)34)30(31,32)33/h3,9-10,14-16,18,25,39H,1,4-8,11-13,17H2,2H3,(H2,34,35). The van der Waals surface area contributed by atoms with Crippen LogP contribution in [0.25, 0.3) is 0 Å². The largest absolute Gasteiger partial charge is 0.506 e. The van der Waals surface area contributed by atoms with Crippen molar-refractivity contribution >= 4 is 23.2 Å². The molecule has 3 heterocycles. The van der Waals surface area contributed by atoms with E-state index in [1.807, 2.05) is 24.1 Å². The van der Waals surface area contributed by atoms with Crippen molar-refractivity contribution in [2.75, 3.05) is 37.3 Å². The van der Waals surface area contributed by atoms with Crippen LogP contribution < -0.4 is 10.6 Å². The maximum Gasteiger partial charge on any atom is 0.433 e. The minimum absolute atomic E-state index is 0.121. The van der Waals surface area contributed by atoms with Gasteiger partial charge in [0.15, 0.2) is 0 Å². The number of nitrogens with two attached hydrogens (primary N) is 1. The highest BCUT2D eigenvalue weighted by atomic mass is 19.4. The van der Waals surface area contributed by atoms with Crippen LogP contribution in [0.3, 0.4) is 0 Å². The van der Waals surface area contributed by atoms with Gasteiger partial charge in [0.2, 0.25) is 5.91 Å². The normalized spacial score (nSPS) is 19.8. The first-order valence-electron chi connectivity index (χ1n) is 13.8. The molecule has 1 aliphatic carbocycles. The van der Waals surface area contributed by atoms with Gasteiger partial charge in [0.1, 0.15) is 11.4 Å². The summed E-state index contributed by atoms with van der Waals surface area (Å²) in [6.45, 7) is 4.50. The van der Waals surface area contributed by atoms with Gasteiger partial charge >= 0.3 is 6.18 Å². The van der Waals surface area contributed by atoms with E-state index >= 15 is 0 Å². The highest BCUT2D eigenvalue weighted by molar-refractivity contribution is 5.99. The summed E-state index contributed by atoms with van der Waals surface area (Å²) in [5, 5.41) is 11.0. The highest BCUT2D eigenvalue weighted by Crippen LogP contribution is 2.42. The van der Waals surface area contributed by atoms with Crippen molar-refractivity contribution in [1.82, 2.24) is 14.8 Å². The number of aromatic hydroxyl groups is 1. The first kappa shape index (κ1) is 28.5. The molecule has 0 radical (unpaired) electrons. The molecule has 1 aromatic carbocycles. The van der Waals surface area contributed by atoms with E-state index in [0.717, 1.165) is 35.9 Å². The van der Waals surface area contributed by atoms with Crippen molar-refractivity contribution in [3.63, 3.8) is 0 Å². The second-order valence-corrected chi connectivity index (χ2v) is 10.9. The van der Waals surface area contributed by atoms with E-state index < -0.39 is 23.8 Å². The SMILES string of the molecule is C=CC(=O)N1CCCC2=C(N(C)c3ccc(C4CCC4)cc3O)CCN(C(=O)c3cnc(C(F)(F)F)cc3N)C2C1. The average molecular weight is 570 g/mol. The third-order valence-corrected chi connectivity index (χ3v) is 8.55. The molecular formula is C30H34F3N5O3. The van der Waals surface area contributed by atoms with Crippen LogP contribution in [0.2, 0.25) is 0 Å². The van der Waals surface area contributed by atoms with Crippen LogP contribution in [0.15, 0.2) is 54.4 Å². The maximum absolute atomic E-state index is 13.8. The summed E-state index contributed by atoms with van der Waals surface area (Å²) in [5.41, 5.74) is 7.97. The first-order chi connectivity index (χ1) is 19.5. The smallest absolute Gasteiger partial charge is 0.433 e. The second-order valence-electron chi connectivity index (χ2n) is 10.9. The molecule has 8 nitrogen and oxygen atoms in total. The number of phenolic OH excluding ortho intramolecular Hbond substituents is 1.